The van der Waals surface area contributed by atoms with Crippen LogP contribution in [0.25, 0.3) is 11.5 Å². The van der Waals surface area contributed by atoms with E-state index in [9.17, 15) is 4.79 Å². The second kappa shape index (κ2) is 8.54. The van der Waals surface area contributed by atoms with Gasteiger partial charge in [0.25, 0.3) is 5.22 Å². The molecule has 10 heteroatoms. The molecule has 2 heterocycles. The van der Waals surface area contributed by atoms with Crippen LogP contribution in [0, 0.1) is 5.92 Å². The molecule has 3 aromatic rings. The van der Waals surface area contributed by atoms with Gasteiger partial charge in [-0.1, -0.05) is 42.4 Å². The molecular formula is C19H20ClN5O3S. The molecule has 0 spiro atoms. The summed E-state index contributed by atoms with van der Waals surface area (Å²) in [5.74, 6) is 2.03. The summed E-state index contributed by atoms with van der Waals surface area (Å²) in [5, 5.41) is 15.9. The highest BCUT2D eigenvalue weighted by Crippen LogP contribution is 2.38. The minimum Gasteiger partial charge on any atom is -0.411 e. The van der Waals surface area contributed by atoms with Crippen LogP contribution in [0.4, 0.5) is 0 Å². The van der Waals surface area contributed by atoms with Crippen LogP contribution in [0.2, 0.25) is 5.02 Å². The summed E-state index contributed by atoms with van der Waals surface area (Å²) in [5.41, 5.74) is 0.765. The Balaban J connectivity index is 1.34. The molecular weight excluding hydrogens is 414 g/mol. The second-order valence-corrected chi connectivity index (χ2v) is 8.59. The molecule has 0 bridgehead atoms. The van der Waals surface area contributed by atoms with Crippen molar-refractivity contribution in [1.29, 1.82) is 0 Å². The fourth-order valence-corrected chi connectivity index (χ4v) is 3.41. The average molecular weight is 434 g/mol. The number of nitrogens with one attached hydrogen (secondary N) is 1. The predicted octanol–water partition coefficient (Wildman–Crippen LogP) is 4.26. The molecule has 0 radical (unpaired) electrons. The molecule has 152 valence electrons. The van der Waals surface area contributed by atoms with Crippen LogP contribution in [-0.2, 0) is 4.79 Å². The number of aromatic nitrogens is 4. The van der Waals surface area contributed by atoms with Crippen molar-refractivity contribution >= 4 is 29.3 Å². The van der Waals surface area contributed by atoms with E-state index in [-0.39, 0.29) is 23.6 Å². The lowest BCUT2D eigenvalue weighted by molar-refractivity contribution is -0.119. The highest BCUT2D eigenvalue weighted by molar-refractivity contribution is 7.99. The van der Waals surface area contributed by atoms with Gasteiger partial charge in [-0.15, -0.1) is 10.2 Å². The third-order valence-corrected chi connectivity index (χ3v) is 5.54. The Labute approximate surface area is 176 Å². The van der Waals surface area contributed by atoms with Crippen molar-refractivity contribution in [3.05, 3.63) is 41.0 Å². The highest BCUT2D eigenvalue weighted by atomic mass is 35.5. The summed E-state index contributed by atoms with van der Waals surface area (Å²) in [6.45, 7) is 3.99. The zero-order valence-electron chi connectivity index (χ0n) is 16.0. The number of hydrogen-bond donors (Lipinski definition) is 1. The molecule has 1 fully saturated rings. The van der Waals surface area contributed by atoms with Crippen molar-refractivity contribution in [2.45, 2.75) is 43.9 Å². The van der Waals surface area contributed by atoms with Crippen LogP contribution in [0.3, 0.4) is 0 Å². The minimum absolute atomic E-state index is 0.108. The van der Waals surface area contributed by atoms with E-state index in [4.69, 9.17) is 20.5 Å². The molecule has 1 aliphatic rings. The van der Waals surface area contributed by atoms with Gasteiger partial charge in [-0.3, -0.25) is 4.79 Å². The zero-order chi connectivity index (χ0) is 20.4. The number of amides is 1. The molecule has 2 aromatic heterocycles. The smallest absolute Gasteiger partial charge is 0.277 e. The molecule has 0 aliphatic heterocycles. The van der Waals surface area contributed by atoms with Gasteiger partial charge in [0.1, 0.15) is 6.04 Å². The number of nitrogens with zero attached hydrogens (tertiary/aromatic N) is 4. The minimum atomic E-state index is -0.338. The maximum atomic E-state index is 12.4. The summed E-state index contributed by atoms with van der Waals surface area (Å²) in [4.78, 5) is 16.9. The fraction of sp³-hybridized carbons (Fsp3) is 0.421. The molecule has 1 aromatic carbocycles. The molecule has 29 heavy (non-hydrogen) atoms. The maximum absolute atomic E-state index is 12.4. The van der Waals surface area contributed by atoms with Gasteiger partial charge in [0, 0.05) is 16.5 Å². The first-order valence-electron chi connectivity index (χ1n) is 9.34. The molecule has 1 amide bonds. The second-order valence-electron chi connectivity index (χ2n) is 7.22. The number of halogens is 1. The van der Waals surface area contributed by atoms with Gasteiger partial charge >= 0.3 is 0 Å². The molecule has 0 saturated heterocycles. The van der Waals surface area contributed by atoms with Crippen LogP contribution in [0.1, 0.15) is 50.4 Å². The number of hydrogen-bond acceptors (Lipinski definition) is 8. The maximum Gasteiger partial charge on any atom is 0.277 e. The number of carbonyl (C=O) groups is 1. The van der Waals surface area contributed by atoms with E-state index in [1.54, 1.807) is 24.3 Å². The monoisotopic (exact) mass is 433 g/mol. The number of thioether (sulfide) groups is 1. The van der Waals surface area contributed by atoms with Crippen LogP contribution < -0.4 is 5.32 Å². The average Bonchev–Trinajstić information content (AvgIpc) is 3.25. The van der Waals surface area contributed by atoms with Crippen LogP contribution >= 0.6 is 23.4 Å². The summed E-state index contributed by atoms with van der Waals surface area (Å²) in [7, 11) is 0. The molecule has 1 saturated carbocycles. The highest BCUT2D eigenvalue weighted by Gasteiger charge is 2.31. The number of benzene rings is 1. The van der Waals surface area contributed by atoms with E-state index in [1.807, 2.05) is 13.8 Å². The van der Waals surface area contributed by atoms with E-state index in [1.165, 1.54) is 11.8 Å². The SMILES string of the molecule is CC(C)C(NC(=O)CSc1nnc(-c2ccc(Cl)cc2)o1)c1nc(C2CC2)no1. The van der Waals surface area contributed by atoms with Crippen molar-refractivity contribution in [3.8, 4) is 11.5 Å². The Hall–Kier alpha value is -2.39. The molecule has 1 N–H and O–H groups in total. The third kappa shape index (κ3) is 4.97. The topological polar surface area (TPSA) is 107 Å². The first-order valence-corrected chi connectivity index (χ1v) is 10.7. The van der Waals surface area contributed by atoms with Crippen LogP contribution in [0.5, 0.6) is 0 Å². The van der Waals surface area contributed by atoms with Gasteiger partial charge in [-0.05, 0) is 43.0 Å². The molecule has 8 nitrogen and oxygen atoms in total. The van der Waals surface area contributed by atoms with Crippen molar-refractivity contribution < 1.29 is 13.7 Å². The standard InChI is InChI=1S/C19H20ClN5O3S/c1-10(2)15(18-22-16(25-28-18)11-3-4-11)21-14(26)9-29-19-24-23-17(27-19)12-5-7-13(20)8-6-12/h5-8,10-11,15H,3-4,9H2,1-2H3,(H,21,26). The number of rotatable bonds is 8. The lowest BCUT2D eigenvalue weighted by Crippen LogP contribution is -2.33. The van der Waals surface area contributed by atoms with Crippen molar-refractivity contribution in [1.82, 2.24) is 25.7 Å². The van der Waals surface area contributed by atoms with E-state index in [0.29, 0.717) is 27.9 Å². The Bertz CT molecular complexity index is 984. The largest absolute Gasteiger partial charge is 0.411 e. The summed E-state index contributed by atoms with van der Waals surface area (Å²) < 4.78 is 11.0. The molecule has 1 aliphatic carbocycles. The Morgan fingerprint density at radius 3 is 2.72 bits per heavy atom. The van der Waals surface area contributed by atoms with Gasteiger partial charge < -0.3 is 14.3 Å². The normalized spacial score (nSPS) is 14.9. The lowest BCUT2D eigenvalue weighted by atomic mass is 10.0. The quantitative estimate of drug-likeness (QED) is 0.525. The van der Waals surface area contributed by atoms with E-state index < -0.39 is 0 Å². The van der Waals surface area contributed by atoms with Crippen molar-refractivity contribution in [3.63, 3.8) is 0 Å². The van der Waals surface area contributed by atoms with E-state index >= 15 is 0 Å². The third-order valence-electron chi connectivity index (χ3n) is 4.47. The first kappa shape index (κ1) is 19.9. The van der Waals surface area contributed by atoms with Gasteiger partial charge in [0.2, 0.25) is 17.7 Å². The first-order chi connectivity index (χ1) is 14.0. The zero-order valence-corrected chi connectivity index (χ0v) is 17.5. The van der Waals surface area contributed by atoms with E-state index in [2.05, 4.69) is 25.7 Å². The van der Waals surface area contributed by atoms with Gasteiger partial charge in [-0.25, -0.2) is 0 Å². The summed E-state index contributed by atoms with van der Waals surface area (Å²) in [6, 6.07) is 6.75. The Morgan fingerprint density at radius 1 is 1.28 bits per heavy atom. The van der Waals surface area contributed by atoms with Crippen molar-refractivity contribution in [2.75, 3.05) is 5.75 Å². The molecule has 1 unspecified atom stereocenters. The fourth-order valence-electron chi connectivity index (χ4n) is 2.71. The van der Waals surface area contributed by atoms with Gasteiger partial charge in [-0.2, -0.15) is 4.98 Å². The molecule has 4 rings (SSSR count). The number of carbonyl (C=O) groups excluding carboxylic acids is 1. The van der Waals surface area contributed by atoms with Gasteiger partial charge in [0.05, 0.1) is 5.75 Å². The summed E-state index contributed by atoms with van der Waals surface area (Å²) in [6.07, 6.45) is 2.19. The van der Waals surface area contributed by atoms with Crippen LogP contribution in [0.15, 0.2) is 38.4 Å². The van der Waals surface area contributed by atoms with Crippen molar-refractivity contribution in [2.24, 2.45) is 5.92 Å². The summed E-state index contributed by atoms with van der Waals surface area (Å²) >= 11 is 7.06. The lowest BCUT2D eigenvalue weighted by Gasteiger charge is -2.18. The predicted molar refractivity (Wildman–Crippen MR) is 107 cm³/mol. The van der Waals surface area contributed by atoms with E-state index in [0.717, 1.165) is 24.2 Å². The van der Waals surface area contributed by atoms with Gasteiger partial charge in [0.15, 0.2) is 5.82 Å². The molecule has 1 atom stereocenters. The Morgan fingerprint density at radius 2 is 2.03 bits per heavy atom. The Kier molecular flexibility index (Phi) is 5.86. The van der Waals surface area contributed by atoms with Crippen LogP contribution in [-0.4, -0.2) is 32.0 Å².